The van der Waals surface area contributed by atoms with Crippen molar-refractivity contribution in [1.29, 1.82) is 0 Å². The predicted octanol–water partition coefficient (Wildman–Crippen LogP) is 2.76. The molecule has 0 amide bonds. The first-order valence-electron chi connectivity index (χ1n) is 4.75. The lowest BCUT2D eigenvalue weighted by molar-refractivity contribution is 0.0689. The maximum atomic E-state index is 13.5. The molecule has 1 aromatic heterocycles. The first-order chi connectivity index (χ1) is 8.58. The van der Waals surface area contributed by atoms with Crippen LogP contribution in [0.5, 0.6) is 11.6 Å². The lowest BCUT2D eigenvalue weighted by Crippen LogP contribution is -2.02. The normalized spacial score (nSPS) is 10.1. The molecule has 0 aliphatic carbocycles. The summed E-state index contributed by atoms with van der Waals surface area (Å²) >= 11 is 5.58. The second-order valence-corrected chi connectivity index (χ2v) is 3.61. The third kappa shape index (κ3) is 2.54. The zero-order chi connectivity index (χ0) is 13.1. The second-order valence-electron chi connectivity index (χ2n) is 3.20. The van der Waals surface area contributed by atoms with Crippen molar-refractivity contribution in [3.05, 3.63) is 47.1 Å². The van der Waals surface area contributed by atoms with E-state index in [9.17, 15) is 9.18 Å². The Morgan fingerprint density at radius 1 is 1.39 bits per heavy atom. The second kappa shape index (κ2) is 4.97. The van der Waals surface area contributed by atoms with Crippen LogP contribution < -0.4 is 4.74 Å². The van der Waals surface area contributed by atoms with E-state index in [1.807, 2.05) is 0 Å². The van der Waals surface area contributed by atoms with Gasteiger partial charge in [0.1, 0.15) is 0 Å². The zero-order valence-electron chi connectivity index (χ0n) is 8.80. The number of carboxylic acids is 1. The summed E-state index contributed by atoms with van der Waals surface area (Å²) in [7, 11) is 0. The fourth-order valence-electron chi connectivity index (χ4n) is 1.18. The molecule has 0 fully saturated rings. The van der Waals surface area contributed by atoms with Gasteiger partial charge in [-0.25, -0.2) is 14.2 Å². The molecule has 1 aromatic carbocycles. The van der Waals surface area contributed by atoms with Gasteiger partial charge in [0.2, 0.25) is 5.88 Å². The first kappa shape index (κ1) is 12.3. The van der Waals surface area contributed by atoms with Crippen LogP contribution in [0, 0.1) is 5.82 Å². The molecule has 0 aliphatic rings. The molecule has 5 nitrogen and oxygen atoms in total. The maximum Gasteiger partial charge on any atom is 0.356 e. The Bertz CT molecular complexity index is 607. The maximum absolute atomic E-state index is 13.5. The van der Waals surface area contributed by atoms with Crippen molar-refractivity contribution in [2.24, 2.45) is 0 Å². The van der Waals surface area contributed by atoms with Gasteiger partial charge in [-0.1, -0.05) is 17.7 Å². The Morgan fingerprint density at radius 2 is 2.17 bits per heavy atom. The molecule has 0 atom stereocenters. The number of halogens is 2. The third-order valence-electron chi connectivity index (χ3n) is 1.96. The lowest BCUT2D eigenvalue weighted by Gasteiger charge is -2.06. The van der Waals surface area contributed by atoms with Crippen LogP contribution in [0.3, 0.4) is 0 Å². The molecular formula is C11H6ClFN2O3. The Labute approximate surface area is 106 Å². The van der Waals surface area contributed by atoms with Crippen LogP contribution in [0.4, 0.5) is 4.39 Å². The topological polar surface area (TPSA) is 72.3 Å². The molecule has 2 aromatic rings. The molecule has 0 saturated carbocycles. The fraction of sp³-hybridized carbons (Fsp3) is 0. The lowest BCUT2D eigenvalue weighted by atomic mass is 10.3. The highest BCUT2D eigenvalue weighted by molar-refractivity contribution is 6.30. The van der Waals surface area contributed by atoms with Crippen LogP contribution in [0.15, 0.2) is 30.6 Å². The van der Waals surface area contributed by atoms with Crippen LogP contribution in [0.1, 0.15) is 10.5 Å². The number of rotatable bonds is 3. The summed E-state index contributed by atoms with van der Waals surface area (Å²) in [6.07, 6.45) is 2.23. The van der Waals surface area contributed by atoms with Gasteiger partial charge >= 0.3 is 5.97 Å². The van der Waals surface area contributed by atoms with Crippen molar-refractivity contribution in [3.63, 3.8) is 0 Å². The summed E-state index contributed by atoms with van der Waals surface area (Å²) in [4.78, 5) is 17.9. The average Bonchev–Trinajstić information content (AvgIpc) is 2.35. The summed E-state index contributed by atoms with van der Waals surface area (Å²) in [6, 6.07) is 4.20. The van der Waals surface area contributed by atoms with Gasteiger partial charge in [0.25, 0.3) is 0 Å². The summed E-state index contributed by atoms with van der Waals surface area (Å²) in [5, 5.41) is 8.62. The Balaban J connectivity index is 2.31. The predicted molar refractivity (Wildman–Crippen MR) is 60.5 cm³/mol. The molecule has 1 N–H and O–H groups in total. The van der Waals surface area contributed by atoms with E-state index >= 15 is 0 Å². The van der Waals surface area contributed by atoms with E-state index in [1.165, 1.54) is 24.4 Å². The largest absolute Gasteiger partial charge is 0.476 e. The fourth-order valence-corrected chi connectivity index (χ4v) is 1.34. The molecule has 0 unspecified atom stereocenters. The van der Waals surface area contributed by atoms with Crippen molar-refractivity contribution in [2.75, 3.05) is 0 Å². The van der Waals surface area contributed by atoms with Crippen LogP contribution in [0.2, 0.25) is 5.02 Å². The van der Waals surface area contributed by atoms with Crippen molar-refractivity contribution >= 4 is 17.6 Å². The van der Waals surface area contributed by atoms with E-state index in [1.54, 1.807) is 0 Å². The number of carbonyl (C=O) groups is 1. The highest BCUT2D eigenvalue weighted by atomic mass is 35.5. The summed E-state index contributed by atoms with van der Waals surface area (Å²) in [6.45, 7) is 0. The van der Waals surface area contributed by atoms with E-state index < -0.39 is 11.8 Å². The van der Waals surface area contributed by atoms with Gasteiger partial charge in [0, 0.05) is 0 Å². The SMILES string of the molecule is O=C(O)c1cncc(Oc2cccc(Cl)c2F)n1. The first-order valence-corrected chi connectivity index (χ1v) is 5.13. The molecule has 92 valence electrons. The molecule has 2 rings (SSSR count). The number of nitrogens with zero attached hydrogens (tertiary/aromatic N) is 2. The number of aromatic nitrogens is 2. The minimum atomic E-state index is -1.25. The van der Waals surface area contributed by atoms with Crippen molar-refractivity contribution in [3.8, 4) is 11.6 Å². The number of ether oxygens (including phenoxy) is 1. The van der Waals surface area contributed by atoms with E-state index in [0.717, 1.165) is 6.20 Å². The van der Waals surface area contributed by atoms with Gasteiger partial charge in [-0.05, 0) is 12.1 Å². The monoisotopic (exact) mass is 268 g/mol. The third-order valence-corrected chi connectivity index (χ3v) is 2.25. The molecule has 18 heavy (non-hydrogen) atoms. The molecule has 1 heterocycles. The number of benzene rings is 1. The van der Waals surface area contributed by atoms with Crippen LogP contribution in [-0.4, -0.2) is 21.0 Å². The quantitative estimate of drug-likeness (QED) is 0.927. The Kier molecular flexibility index (Phi) is 3.38. The number of aromatic carboxylic acids is 1. The number of carboxylic acid groups (broad SMARTS) is 1. The van der Waals surface area contributed by atoms with E-state index in [4.69, 9.17) is 21.4 Å². The van der Waals surface area contributed by atoms with Crippen LogP contribution in [0.25, 0.3) is 0 Å². The van der Waals surface area contributed by atoms with E-state index in [-0.39, 0.29) is 22.3 Å². The highest BCUT2D eigenvalue weighted by Crippen LogP contribution is 2.27. The highest BCUT2D eigenvalue weighted by Gasteiger charge is 2.11. The van der Waals surface area contributed by atoms with Gasteiger partial charge in [-0.2, -0.15) is 0 Å². The van der Waals surface area contributed by atoms with E-state index in [0.29, 0.717) is 0 Å². The number of hydrogen-bond acceptors (Lipinski definition) is 4. The van der Waals surface area contributed by atoms with Crippen LogP contribution in [-0.2, 0) is 0 Å². The van der Waals surface area contributed by atoms with Gasteiger partial charge in [0.15, 0.2) is 17.3 Å². The Hall–Kier alpha value is -2.21. The summed E-state index contributed by atoms with van der Waals surface area (Å²) in [5.41, 5.74) is -0.296. The van der Waals surface area contributed by atoms with Crippen molar-refractivity contribution < 1.29 is 19.0 Å². The van der Waals surface area contributed by atoms with Crippen molar-refractivity contribution in [2.45, 2.75) is 0 Å². The van der Waals surface area contributed by atoms with Crippen molar-refractivity contribution in [1.82, 2.24) is 9.97 Å². The molecule has 0 saturated heterocycles. The molecule has 0 aliphatic heterocycles. The molecule has 0 spiro atoms. The Morgan fingerprint density at radius 3 is 2.89 bits per heavy atom. The molecular weight excluding hydrogens is 263 g/mol. The zero-order valence-corrected chi connectivity index (χ0v) is 9.56. The van der Waals surface area contributed by atoms with Gasteiger partial charge in [0.05, 0.1) is 17.4 Å². The molecule has 0 bridgehead atoms. The van der Waals surface area contributed by atoms with E-state index in [2.05, 4.69) is 9.97 Å². The molecule has 0 radical (unpaired) electrons. The standard InChI is InChI=1S/C11H6ClFN2O3/c12-6-2-1-3-8(10(6)13)18-9-5-14-4-7(15-9)11(16)17/h1-5H,(H,16,17). The van der Waals surface area contributed by atoms with Gasteiger partial charge < -0.3 is 9.84 Å². The van der Waals surface area contributed by atoms with Gasteiger partial charge in [-0.3, -0.25) is 4.98 Å². The summed E-state index contributed by atoms with van der Waals surface area (Å²) < 4.78 is 18.6. The number of hydrogen-bond donors (Lipinski definition) is 1. The van der Waals surface area contributed by atoms with Crippen LogP contribution >= 0.6 is 11.6 Å². The minimum absolute atomic E-state index is 0.102. The smallest absolute Gasteiger partial charge is 0.356 e. The minimum Gasteiger partial charge on any atom is -0.476 e. The summed E-state index contributed by atoms with van der Waals surface area (Å²) in [5.74, 6) is -2.28. The van der Waals surface area contributed by atoms with Gasteiger partial charge in [-0.15, -0.1) is 0 Å². The molecule has 7 heteroatoms. The average molecular weight is 269 g/mol.